The fraction of sp³-hybridized carbons (Fsp3) is 0.0345. The number of fused-ring (bicyclic) bond motifs is 11. The third-order valence-corrected chi connectivity index (χ3v) is 7.26. The molecule has 0 aliphatic heterocycles. The molecule has 2 aliphatic carbocycles. The largest absolute Gasteiger partial charge is 0.254 e. The lowest BCUT2D eigenvalue weighted by Crippen LogP contribution is -2.33. The van der Waals surface area contributed by atoms with E-state index in [1.54, 1.807) is 6.33 Å². The molecule has 8 rings (SSSR count). The number of benzene rings is 3. The molecular formula is C29H16N4. The van der Waals surface area contributed by atoms with Crippen LogP contribution in [0.3, 0.4) is 0 Å². The van der Waals surface area contributed by atoms with Gasteiger partial charge >= 0.3 is 0 Å². The maximum atomic E-state index is 5.37. The normalized spacial score (nSPS) is 14.3. The van der Waals surface area contributed by atoms with Crippen LogP contribution in [0, 0.1) is 0 Å². The Morgan fingerprint density at radius 1 is 0.606 bits per heavy atom. The summed E-state index contributed by atoms with van der Waals surface area (Å²) in [6.07, 6.45) is 5.47. The molecule has 0 bridgehead atoms. The van der Waals surface area contributed by atoms with Gasteiger partial charge in [-0.3, -0.25) is 9.97 Å². The molecule has 2 aliphatic rings. The summed E-state index contributed by atoms with van der Waals surface area (Å²) in [5, 5.41) is 3.37. The molecule has 0 saturated heterocycles. The minimum atomic E-state index is -0.595. The molecule has 0 radical (unpaired) electrons. The van der Waals surface area contributed by atoms with Crippen LogP contribution in [0.5, 0.6) is 0 Å². The summed E-state index contributed by atoms with van der Waals surface area (Å²) in [4.78, 5) is 19.5. The van der Waals surface area contributed by atoms with Gasteiger partial charge in [-0.15, -0.1) is 0 Å². The van der Waals surface area contributed by atoms with E-state index in [4.69, 9.17) is 15.0 Å². The van der Waals surface area contributed by atoms with Crippen LogP contribution in [0.25, 0.3) is 44.2 Å². The molecule has 1 spiro atoms. The first-order valence-corrected chi connectivity index (χ1v) is 11.1. The van der Waals surface area contributed by atoms with Crippen molar-refractivity contribution in [1.82, 2.24) is 19.9 Å². The average Bonchev–Trinajstić information content (AvgIpc) is 3.18. The van der Waals surface area contributed by atoms with Crippen LogP contribution in [0.15, 0.2) is 97.6 Å². The topological polar surface area (TPSA) is 51.6 Å². The summed E-state index contributed by atoms with van der Waals surface area (Å²) < 4.78 is 0. The maximum absolute atomic E-state index is 5.37. The zero-order chi connectivity index (χ0) is 21.6. The Labute approximate surface area is 189 Å². The van der Waals surface area contributed by atoms with Crippen molar-refractivity contribution >= 4 is 21.7 Å². The number of hydrogen-bond acceptors (Lipinski definition) is 4. The summed E-state index contributed by atoms with van der Waals surface area (Å²) in [5.74, 6) is 0. The predicted octanol–water partition coefficient (Wildman–Crippen LogP) is 5.92. The molecule has 0 fully saturated rings. The molecule has 3 heterocycles. The van der Waals surface area contributed by atoms with Crippen molar-refractivity contribution in [3.8, 4) is 22.5 Å². The second-order valence-corrected chi connectivity index (χ2v) is 8.69. The Morgan fingerprint density at radius 3 is 2.15 bits per heavy atom. The van der Waals surface area contributed by atoms with Crippen LogP contribution in [0.2, 0.25) is 0 Å². The van der Waals surface area contributed by atoms with E-state index >= 15 is 0 Å². The van der Waals surface area contributed by atoms with E-state index in [-0.39, 0.29) is 0 Å². The Morgan fingerprint density at radius 2 is 1.33 bits per heavy atom. The summed E-state index contributed by atoms with van der Waals surface area (Å²) >= 11 is 0. The molecule has 0 N–H and O–H groups in total. The average molecular weight is 420 g/mol. The predicted molar refractivity (Wildman–Crippen MR) is 129 cm³/mol. The third-order valence-electron chi connectivity index (χ3n) is 7.26. The minimum absolute atomic E-state index is 0.595. The zero-order valence-corrected chi connectivity index (χ0v) is 17.5. The van der Waals surface area contributed by atoms with E-state index in [1.165, 1.54) is 22.3 Å². The molecule has 152 valence electrons. The SMILES string of the molecule is c1ccc2c(c1)-c1ccccc1C21c2cncnc2-c2nccc3c2c1nc1ccccc13. The van der Waals surface area contributed by atoms with Crippen LogP contribution in [0.1, 0.15) is 22.4 Å². The number of aromatic nitrogens is 4. The standard InChI is InChI=1S/C29H16N4/c1-4-10-21-17(7-1)18-8-2-5-11-22(18)29(21)23-15-30-16-32-26(23)27-25-20(13-14-31-27)19-9-3-6-12-24(19)33-28(25)29/h1-16H. The summed E-state index contributed by atoms with van der Waals surface area (Å²) in [6.45, 7) is 0. The molecule has 0 saturated carbocycles. The lowest BCUT2D eigenvalue weighted by Gasteiger charge is -2.37. The van der Waals surface area contributed by atoms with Crippen molar-refractivity contribution in [1.29, 1.82) is 0 Å². The van der Waals surface area contributed by atoms with E-state index in [0.29, 0.717) is 0 Å². The fourth-order valence-electron chi connectivity index (χ4n) is 6.05. The van der Waals surface area contributed by atoms with Gasteiger partial charge in [-0.25, -0.2) is 9.97 Å². The quantitative estimate of drug-likeness (QED) is 0.286. The van der Waals surface area contributed by atoms with E-state index < -0.39 is 5.41 Å². The van der Waals surface area contributed by atoms with Crippen molar-refractivity contribution in [2.45, 2.75) is 5.41 Å². The Balaban J connectivity index is 1.71. The van der Waals surface area contributed by atoms with Gasteiger partial charge in [-0.2, -0.15) is 0 Å². The van der Waals surface area contributed by atoms with Crippen molar-refractivity contribution in [3.63, 3.8) is 0 Å². The van der Waals surface area contributed by atoms with Crippen molar-refractivity contribution < 1.29 is 0 Å². The van der Waals surface area contributed by atoms with Gasteiger partial charge in [-0.05, 0) is 39.8 Å². The van der Waals surface area contributed by atoms with Crippen LogP contribution >= 0.6 is 0 Å². The molecule has 0 unspecified atom stereocenters. The summed E-state index contributed by atoms with van der Waals surface area (Å²) in [6, 6.07) is 27.8. The molecule has 3 aromatic heterocycles. The minimum Gasteiger partial charge on any atom is -0.254 e. The first-order valence-electron chi connectivity index (χ1n) is 11.1. The fourth-order valence-corrected chi connectivity index (χ4v) is 6.05. The molecular weight excluding hydrogens is 404 g/mol. The Hall–Kier alpha value is -4.44. The van der Waals surface area contributed by atoms with Gasteiger partial charge in [-0.1, -0.05) is 66.7 Å². The van der Waals surface area contributed by atoms with Crippen molar-refractivity contribution in [2.24, 2.45) is 0 Å². The van der Waals surface area contributed by atoms with Crippen LogP contribution in [0.4, 0.5) is 0 Å². The Kier molecular flexibility index (Phi) is 3.05. The zero-order valence-electron chi connectivity index (χ0n) is 17.5. The lowest BCUT2D eigenvalue weighted by atomic mass is 9.65. The Bertz CT molecular complexity index is 1740. The van der Waals surface area contributed by atoms with Gasteiger partial charge in [0, 0.05) is 28.7 Å². The smallest absolute Gasteiger partial charge is 0.116 e. The summed E-state index contributed by atoms with van der Waals surface area (Å²) in [5.41, 5.74) is 9.12. The van der Waals surface area contributed by atoms with Crippen LogP contribution < -0.4 is 0 Å². The highest BCUT2D eigenvalue weighted by Crippen LogP contribution is 2.60. The second kappa shape index (κ2) is 5.87. The van der Waals surface area contributed by atoms with Gasteiger partial charge in [0.15, 0.2) is 0 Å². The molecule has 6 aromatic rings. The van der Waals surface area contributed by atoms with Gasteiger partial charge in [0.2, 0.25) is 0 Å². The molecule has 0 amide bonds. The highest BCUT2D eigenvalue weighted by molar-refractivity contribution is 6.13. The van der Waals surface area contributed by atoms with E-state index in [9.17, 15) is 0 Å². The van der Waals surface area contributed by atoms with Crippen molar-refractivity contribution in [2.75, 3.05) is 0 Å². The number of rotatable bonds is 0. The van der Waals surface area contributed by atoms with E-state index in [2.05, 4.69) is 83.8 Å². The third kappa shape index (κ3) is 1.89. The number of para-hydroxylation sites is 1. The lowest BCUT2D eigenvalue weighted by molar-refractivity contribution is 0.732. The van der Waals surface area contributed by atoms with Gasteiger partial charge < -0.3 is 0 Å². The van der Waals surface area contributed by atoms with E-state index in [1.807, 2.05) is 12.4 Å². The van der Waals surface area contributed by atoms with Crippen LogP contribution in [-0.4, -0.2) is 19.9 Å². The monoisotopic (exact) mass is 420 g/mol. The first kappa shape index (κ1) is 17.2. The van der Waals surface area contributed by atoms with Gasteiger partial charge in [0.1, 0.15) is 6.33 Å². The molecule has 33 heavy (non-hydrogen) atoms. The first-order chi connectivity index (χ1) is 16.4. The highest BCUT2D eigenvalue weighted by atomic mass is 14.9. The van der Waals surface area contributed by atoms with E-state index in [0.717, 1.165) is 44.3 Å². The second-order valence-electron chi connectivity index (χ2n) is 8.69. The number of hydrogen-bond donors (Lipinski definition) is 0. The molecule has 4 nitrogen and oxygen atoms in total. The van der Waals surface area contributed by atoms with Crippen molar-refractivity contribution in [3.05, 3.63) is 120 Å². The molecule has 4 heteroatoms. The summed E-state index contributed by atoms with van der Waals surface area (Å²) in [7, 11) is 0. The molecule has 0 atom stereocenters. The highest BCUT2D eigenvalue weighted by Gasteiger charge is 2.52. The van der Waals surface area contributed by atoms with Crippen LogP contribution in [-0.2, 0) is 5.41 Å². The molecule has 3 aromatic carbocycles. The van der Waals surface area contributed by atoms with Gasteiger partial charge in [0.25, 0.3) is 0 Å². The number of nitrogens with zero attached hydrogens (tertiary/aromatic N) is 4. The number of pyridine rings is 2. The van der Waals surface area contributed by atoms with Gasteiger partial charge in [0.05, 0.1) is 28.0 Å². The maximum Gasteiger partial charge on any atom is 0.116 e.